The first-order valence-electron chi connectivity index (χ1n) is 7.23. The molecule has 6 nitrogen and oxygen atoms in total. The maximum atomic E-state index is 12.3. The molecule has 2 aromatic carbocycles. The number of rotatable bonds is 3. The van der Waals surface area contributed by atoms with Crippen molar-refractivity contribution in [2.24, 2.45) is 5.14 Å². The minimum Gasteiger partial charge on any atom is -0.506 e. The lowest BCUT2D eigenvalue weighted by Crippen LogP contribution is -2.13. The maximum Gasteiger partial charge on any atom is 0.340 e. The first-order chi connectivity index (χ1) is 11.7. The van der Waals surface area contributed by atoms with E-state index in [9.17, 15) is 18.3 Å². The third-order valence-electron chi connectivity index (χ3n) is 3.96. The highest BCUT2D eigenvalue weighted by Crippen LogP contribution is 2.31. The number of sulfonamides is 1. The van der Waals surface area contributed by atoms with Crippen LogP contribution in [0.3, 0.4) is 0 Å². The molecule has 0 radical (unpaired) electrons. The molecule has 0 unspecified atom stereocenters. The number of aryl methyl sites for hydroxylation is 1. The Morgan fingerprint density at radius 2 is 1.96 bits per heavy atom. The Morgan fingerprint density at radius 1 is 1.24 bits per heavy atom. The third kappa shape index (κ3) is 3.39. The molecule has 130 valence electrons. The number of phenolic OH excluding ortho intramolecular Hbond substituents is 1. The summed E-state index contributed by atoms with van der Waals surface area (Å²) < 4.78 is 28.2. The van der Waals surface area contributed by atoms with Crippen molar-refractivity contribution >= 4 is 32.6 Å². The zero-order chi connectivity index (χ0) is 18.4. The van der Waals surface area contributed by atoms with Crippen molar-refractivity contribution in [2.75, 3.05) is 0 Å². The number of benzene rings is 2. The van der Waals surface area contributed by atoms with Crippen LogP contribution in [0.1, 0.15) is 16.7 Å². The number of hydrogen-bond acceptors (Lipinski definition) is 5. The van der Waals surface area contributed by atoms with Gasteiger partial charge in [0.05, 0.1) is 9.92 Å². The summed E-state index contributed by atoms with van der Waals surface area (Å²) in [4.78, 5) is 12.3. The molecule has 0 spiro atoms. The van der Waals surface area contributed by atoms with Gasteiger partial charge in [-0.05, 0) is 36.2 Å². The summed E-state index contributed by atoms with van der Waals surface area (Å²) in [6.45, 7) is 1.74. The monoisotopic (exact) mass is 379 g/mol. The average molecular weight is 380 g/mol. The fourth-order valence-electron chi connectivity index (χ4n) is 2.64. The number of primary sulfonamides is 1. The number of hydrogen-bond donors (Lipinski definition) is 2. The number of fused-ring (bicyclic) bond motifs is 1. The smallest absolute Gasteiger partial charge is 0.340 e. The van der Waals surface area contributed by atoms with Crippen LogP contribution in [-0.4, -0.2) is 13.5 Å². The van der Waals surface area contributed by atoms with Crippen molar-refractivity contribution in [3.63, 3.8) is 0 Å². The molecule has 3 rings (SSSR count). The van der Waals surface area contributed by atoms with Crippen LogP contribution < -0.4 is 10.8 Å². The third-order valence-corrected chi connectivity index (χ3v) is 5.18. The minimum absolute atomic E-state index is 0.0270. The van der Waals surface area contributed by atoms with Crippen molar-refractivity contribution in [3.8, 4) is 5.75 Å². The number of aromatic hydroxyl groups is 1. The second-order valence-electron chi connectivity index (χ2n) is 5.66. The van der Waals surface area contributed by atoms with Gasteiger partial charge >= 0.3 is 5.63 Å². The summed E-state index contributed by atoms with van der Waals surface area (Å²) in [6.07, 6.45) is 0.173. The Kier molecular flexibility index (Phi) is 4.32. The van der Waals surface area contributed by atoms with Crippen LogP contribution in [-0.2, 0) is 16.4 Å². The fraction of sp³-hybridized carbons (Fsp3) is 0.118. The van der Waals surface area contributed by atoms with Crippen molar-refractivity contribution in [3.05, 3.63) is 68.5 Å². The van der Waals surface area contributed by atoms with Crippen LogP contribution in [0.4, 0.5) is 0 Å². The molecule has 0 aliphatic rings. The molecular weight excluding hydrogens is 366 g/mol. The first-order valence-corrected chi connectivity index (χ1v) is 9.16. The Balaban J connectivity index is 2.14. The van der Waals surface area contributed by atoms with E-state index in [4.69, 9.17) is 21.2 Å². The second-order valence-corrected chi connectivity index (χ2v) is 7.63. The Morgan fingerprint density at radius 3 is 2.64 bits per heavy atom. The van der Waals surface area contributed by atoms with Crippen molar-refractivity contribution in [2.45, 2.75) is 18.2 Å². The van der Waals surface area contributed by atoms with E-state index in [1.165, 1.54) is 24.3 Å². The van der Waals surface area contributed by atoms with Gasteiger partial charge in [0.1, 0.15) is 11.3 Å². The van der Waals surface area contributed by atoms with Crippen LogP contribution in [0.5, 0.6) is 5.75 Å². The van der Waals surface area contributed by atoms with Crippen molar-refractivity contribution < 1.29 is 17.9 Å². The Bertz CT molecular complexity index is 1150. The van der Waals surface area contributed by atoms with Gasteiger partial charge < -0.3 is 9.52 Å². The predicted octanol–water partition coefficient (Wildman–Crippen LogP) is 2.70. The summed E-state index contributed by atoms with van der Waals surface area (Å²) in [6, 6.07) is 8.87. The van der Waals surface area contributed by atoms with Gasteiger partial charge in [-0.25, -0.2) is 18.4 Å². The lowest BCUT2D eigenvalue weighted by Gasteiger charge is -2.09. The summed E-state index contributed by atoms with van der Waals surface area (Å²) in [5.74, 6) is -0.176. The van der Waals surface area contributed by atoms with E-state index in [0.29, 0.717) is 22.1 Å². The number of phenols is 1. The van der Waals surface area contributed by atoms with Gasteiger partial charge in [-0.15, -0.1) is 0 Å². The molecule has 0 atom stereocenters. The first kappa shape index (κ1) is 17.5. The number of nitrogens with two attached hydrogens (primary N) is 1. The van der Waals surface area contributed by atoms with Gasteiger partial charge in [0.25, 0.3) is 0 Å². The minimum atomic E-state index is -3.83. The van der Waals surface area contributed by atoms with Crippen LogP contribution >= 0.6 is 11.6 Å². The normalized spacial score (nSPS) is 11.8. The van der Waals surface area contributed by atoms with Gasteiger partial charge in [0, 0.05) is 23.4 Å². The highest BCUT2D eigenvalue weighted by atomic mass is 35.5. The molecule has 3 N–H and O–H groups in total. The van der Waals surface area contributed by atoms with Gasteiger partial charge in [-0.2, -0.15) is 0 Å². The largest absolute Gasteiger partial charge is 0.506 e. The molecule has 0 saturated heterocycles. The lowest BCUT2D eigenvalue weighted by molar-refractivity contribution is 0.473. The summed E-state index contributed by atoms with van der Waals surface area (Å²) >= 11 is 5.93. The van der Waals surface area contributed by atoms with E-state index >= 15 is 0 Å². The van der Waals surface area contributed by atoms with E-state index in [1.807, 2.05) is 0 Å². The van der Waals surface area contributed by atoms with E-state index in [1.54, 1.807) is 19.1 Å². The lowest BCUT2D eigenvalue weighted by atomic mass is 9.99. The topological polar surface area (TPSA) is 111 Å². The second kappa shape index (κ2) is 6.18. The SMILES string of the molecule is Cc1c(Cc2cccc(S(N)(=O)=O)c2)c(=O)oc2cc(O)c(Cl)cc12. The molecule has 25 heavy (non-hydrogen) atoms. The van der Waals surface area contributed by atoms with Gasteiger partial charge in [0.2, 0.25) is 10.0 Å². The van der Waals surface area contributed by atoms with Crippen LogP contribution in [0, 0.1) is 6.92 Å². The van der Waals surface area contributed by atoms with Crippen molar-refractivity contribution in [1.82, 2.24) is 0 Å². The zero-order valence-corrected chi connectivity index (χ0v) is 14.7. The highest BCUT2D eigenvalue weighted by molar-refractivity contribution is 7.89. The molecule has 0 saturated carbocycles. The van der Waals surface area contributed by atoms with Crippen LogP contribution in [0.2, 0.25) is 5.02 Å². The quantitative estimate of drug-likeness (QED) is 0.680. The molecule has 0 bridgehead atoms. The van der Waals surface area contributed by atoms with E-state index in [0.717, 1.165) is 0 Å². The van der Waals surface area contributed by atoms with E-state index in [2.05, 4.69) is 0 Å². The van der Waals surface area contributed by atoms with E-state index in [-0.39, 0.29) is 27.7 Å². The highest BCUT2D eigenvalue weighted by Gasteiger charge is 2.15. The average Bonchev–Trinajstić information content (AvgIpc) is 2.53. The van der Waals surface area contributed by atoms with Crippen LogP contribution in [0.25, 0.3) is 11.0 Å². The molecule has 0 aliphatic heterocycles. The Hall–Kier alpha value is -2.35. The molecule has 0 fully saturated rings. The molecule has 0 aliphatic carbocycles. The predicted molar refractivity (Wildman–Crippen MR) is 94.5 cm³/mol. The number of halogens is 1. The maximum absolute atomic E-state index is 12.3. The molecule has 8 heteroatoms. The van der Waals surface area contributed by atoms with E-state index < -0.39 is 15.6 Å². The van der Waals surface area contributed by atoms with Crippen LogP contribution in [0.15, 0.2) is 50.5 Å². The summed E-state index contributed by atoms with van der Waals surface area (Å²) in [5.41, 5.74) is 1.29. The van der Waals surface area contributed by atoms with Gasteiger partial charge in [-0.1, -0.05) is 23.7 Å². The van der Waals surface area contributed by atoms with Gasteiger partial charge in [0.15, 0.2) is 0 Å². The molecule has 1 heterocycles. The molecule has 0 amide bonds. The molecule has 3 aromatic rings. The van der Waals surface area contributed by atoms with Gasteiger partial charge in [-0.3, -0.25) is 0 Å². The molecular formula is C17H14ClNO5S. The summed E-state index contributed by atoms with van der Waals surface area (Å²) in [7, 11) is -3.83. The zero-order valence-electron chi connectivity index (χ0n) is 13.1. The Labute approximate surface area is 148 Å². The fourth-order valence-corrected chi connectivity index (χ4v) is 3.39. The summed E-state index contributed by atoms with van der Waals surface area (Å²) in [5, 5.41) is 15.5. The standard InChI is InChI=1S/C17H14ClNO5S/c1-9-12-7-14(18)15(20)8-16(12)24-17(21)13(9)6-10-3-2-4-11(5-10)25(19,22)23/h2-5,7-8,20H,6H2,1H3,(H2,19,22,23). The molecule has 1 aromatic heterocycles. The van der Waals surface area contributed by atoms with Crippen molar-refractivity contribution in [1.29, 1.82) is 0 Å².